The lowest BCUT2D eigenvalue weighted by atomic mass is 10.1. The zero-order chi connectivity index (χ0) is 19.7. The lowest BCUT2D eigenvalue weighted by Crippen LogP contribution is -2.15. The van der Waals surface area contributed by atoms with Gasteiger partial charge in [-0.1, -0.05) is 11.8 Å². The van der Waals surface area contributed by atoms with Gasteiger partial charge in [0.05, 0.1) is 18.4 Å². The Balaban J connectivity index is 1.61. The van der Waals surface area contributed by atoms with Crippen molar-refractivity contribution < 1.29 is 9.53 Å². The van der Waals surface area contributed by atoms with Gasteiger partial charge in [0.2, 0.25) is 5.91 Å². The van der Waals surface area contributed by atoms with Gasteiger partial charge in [-0.2, -0.15) is 0 Å². The Morgan fingerprint density at radius 1 is 1.25 bits per heavy atom. The third-order valence-corrected chi connectivity index (χ3v) is 5.60. The lowest BCUT2D eigenvalue weighted by molar-refractivity contribution is -0.113. The minimum atomic E-state index is -0.162. The molecule has 28 heavy (non-hydrogen) atoms. The van der Waals surface area contributed by atoms with Crippen molar-refractivity contribution >= 4 is 56.0 Å². The number of carbonyl (C=O) groups excluding carboxylic acids is 1. The Hall–Kier alpha value is -2.65. The summed E-state index contributed by atoms with van der Waals surface area (Å²) in [6.07, 6.45) is 1.64. The van der Waals surface area contributed by atoms with Crippen molar-refractivity contribution in [3.05, 3.63) is 52.6 Å². The molecule has 0 bridgehead atoms. The maximum absolute atomic E-state index is 12.3. The first kappa shape index (κ1) is 18.7. The second-order valence-corrected chi connectivity index (χ2v) is 7.94. The van der Waals surface area contributed by atoms with Crippen molar-refractivity contribution in [1.82, 2.24) is 19.6 Å². The number of hydrogen-bond donors (Lipinski definition) is 1. The predicted molar refractivity (Wildman–Crippen MR) is 113 cm³/mol. The largest absolute Gasteiger partial charge is 0.497 e. The molecule has 0 unspecified atom stereocenters. The van der Waals surface area contributed by atoms with E-state index in [-0.39, 0.29) is 11.7 Å². The van der Waals surface area contributed by atoms with Gasteiger partial charge in [0.1, 0.15) is 11.6 Å². The van der Waals surface area contributed by atoms with Gasteiger partial charge >= 0.3 is 0 Å². The summed E-state index contributed by atoms with van der Waals surface area (Å²) in [5.74, 6) is 1.29. The highest BCUT2D eigenvalue weighted by atomic mass is 79.9. The number of pyridine rings is 2. The first-order valence-electron chi connectivity index (χ1n) is 8.42. The van der Waals surface area contributed by atoms with Crippen molar-refractivity contribution in [3.63, 3.8) is 0 Å². The van der Waals surface area contributed by atoms with Gasteiger partial charge in [0, 0.05) is 22.1 Å². The third kappa shape index (κ3) is 3.67. The predicted octanol–water partition coefficient (Wildman–Crippen LogP) is 4.09. The van der Waals surface area contributed by atoms with E-state index in [1.165, 1.54) is 11.8 Å². The normalized spacial score (nSPS) is 11.1. The second-order valence-electron chi connectivity index (χ2n) is 6.09. The topological polar surface area (TPSA) is 81.4 Å². The molecule has 0 saturated carbocycles. The number of nitrogens with one attached hydrogen (secondary N) is 1. The zero-order valence-corrected chi connectivity index (χ0v) is 17.5. The van der Waals surface area contributed by atoms with Crippen LogP contribution in [0, 0.1) is 6.92 Å². The number of rotatable bonds is 5. The fourth-order valence-corrected chi connectivity index (χ4v) is 3.87. The molecular formula is C19H16BrN5O2S. The van der Waals surface area contributed by atoms with Crippen LogP contribution in [0.25, 0.3) is 16.6 Å². The molecule has 0 saturated heterocycles. The molecule has 0 aliphatic rings. The Morgan fingerprint density at radius 2 is 2.11 bits per heavy atom. The van der Waals surface area contributed by atoms with E-state index in [2.05, 4.69) is 36.4 Å². The molecule has 0 atom stereocenters. The van der Waals surface area contributed by atoms with E-state index in [0.717, 1.165) is 32.3 Å². The maximum atomic E-state index is 12.3. The fourth-order valence-electron chi connectivity index (χ4n) is 2.88. The molecular weight excluding hydrogens is 442 g/mol. The van der Waals surface area contributed by atoms with Gasteiger partial charge in [0.15, 0.2) is 10.8 Å². The minimum Gasteiger partial charge on any atom is -0.497 e. The van der Waals surface area contributed by atoms with Crippen LogP contribution in [0.15, 0.2) is 52.2 Å². The van der Waals surface area contributed by atoms with Crippen LogP contribution in [0.5, 0.6) is 5.75 Å². The van der Waals surface area contributed by atoms with Crippen LogP contribution in [0.1, 0.15) is 5.56 Å². The number of carbonyl (C=O) groups is 1. The van der Waals surface area contributed by atoms with Gasteiger partial charge in [-0.25, -0.2) is 4.98 Å². The van der Waals surface area contributed by atoms with Gasteiger partial charge in [0.25, 0.3) is 0 Å². The quantitative estimate of drug-likeness (QED) is 0.454. The first-order chi connectivity index (χ1) is 13.5. The van der Waals surface area contributed by atoms with E-state index in [1.807, 2.05) is 41.7 Å². The fraction of sp³-hybridized carbons (Fsp3) is 0.158. The Labute approximate surface area is 173 Å². The summed E-state index contributed by atoms with van der Waals surface area (Å²) in [6, 6.07) is 11.4. The molecule has 9 heteroatoms. The number of benzene rings is 1. The molecule has 0 aliphatic heterocycles. The zero-order valence-electron chi connectivity index (χ0n) is 15.1. The maximum Gasteiger partial charge on any atom is 0.236 e. The number of thioether (sulfide) groups is 1. The van der Waals surface area contributed by atoms with Crippen molar-refractivity contribution in [1.29, 1.82) is 0 Å². The average Bonchev–Trinajstić information content (AvgIpc) is 3.11. The van der Waals surface area contributed by atoms with Crippen LogP contribution in [0.3, 0.4) is 0 Å². The van der Waals surface area contributed by atoms with E-state index in [1.54, 1.807) is 19.4 Å². The van der Waals surface area contributed by atoms with E-state index in [0.29, 0.717) is 11.0 Å². The van der Waals surface area contributed by atoms with Gasteiger partial charge < -0.3 is 10.1 Å². The van der Waals surface area contributed by atoms with Crippen LogP contribution in [0.4, 0.5) is 5.82 Å². The molecule has 1 N–H and O–H groups in total. The molecule has 0 spiro atoms. The van der Waals surface area contributed by atoms with Crippen LogP contribution < -0.4 is 10.1 Å². The molecule has 1 amide bonds. The summed E-state index contributed by atoms with van der Waals surface area (Å²) in [7, 11) is 1.64. The van der Waals surface area contributed by atoms with Gasteiger partial charge in [-0.05, 0) is 58.7 Å². The molecule has 0 aliphatic carbocycles. The van der Waals surface area contributed by atoms with Gasteiger partial charge in [-0.3, -0.25) is 9.20 Å². The van der Waals surface area contributed by atoms with E-state index in [9.17, 15) is 4.79 Å². The first-order valence-corrected chi connectivity index (χ1v) is 10.2. The number of nitrogens with zero attached hydrogens (tertiary/aromatic N) is 4. The van der Waals surface area contributed by atoms with E-state index in [4.69, 9.17) is 4.74 Å². The number of fused-ring (bicyclic) bond motifs is 3. The summed E-state index contributed by atoms with van der Waals surface area (Å²) >= 11 is 4.64. The molecule has 0 fully saturated rings. The monoisotopic (exact) mass is 457 g/mol. The summed E-state index contributed by atoms with van der Waals surface area (Å²) in [4.78, 5) is 16.4. The van der Waals surface area contributed by atoms with Crippen LogP contribution >= 0.6 is 27.7 Å². The number of aromatic nitrogens is 4. The number of aryl methyl sites for hydroxylation is 1. The van der Waals surface area contributed by atoms with Crippen LogP contribution in [-0.4, -0.2) is 38.4 Å². The number of ether oxygens (including phenoxy) is 1. The third-order valence-electron chi connectivity index (χ3n) is 4.20. The Bertz CT molecular complexity index is 1180. The molecule has 4 rings (SSSR count). The highest BCUT2D eigenvalue weighted by Crippen LogP contribution is 2.28. The smallest absolute Gasteiger partial charge is 0.236 e. The molecule has 7 nitrogen and oxygen atoms in total. The molecule has 4 aromatic rings. The SMILES string of the molecule is COc1ccc2c(C)cc3nnc(SCC(=O)Nc4ccc(Br)cn4)n3c2c1. The summed E-state index contributed by atoms with van der Waals surface area (Å²) in [6.45, 7) is 2.04. The molecule has 3 heterocycles. The highest BCUT2D eigenvalue weighted by molar-refractivity contribution is 9.10. The second kappa shape index (κ2) is 7.76. The standard InChI is InChI=1S/C19H16BrN5O2S/c1-11-7-17-23-24-19(25(17)15-8-13(27-2)4-5-14(11)15)28-10-18(26)22-16-6-3-12(20)9-21-16/h3-9H,10H2,1-2H3,(H,21,22,26). The van der Waals surface area contributed by atoms with Gasteiger partial charge in [-0.15, -0.1) is 10.2 Å². The minimum absolute atomic E-state index is 0.162. The molecule has 3 aromatic heterocycles. The number of anilines is 1. The molecule has 1 aromatic carbocycles. The van der Waals surface area contributed by atoms with Crippen LogP contribution in [-0.2, 0) is 4.79 Å². The summed E-state index contributed by atoms with van der Waals surface area (Å²) in [5, 5.41) is 13.0. The van der Waals surface area contributed by atoms with Crippen molar-refractivity contribution in [2.75, 3.05) is 18.2 Å². The summed E-state index contributed by atoms with van der Waals surface area (Å²) < 4.78 is 8.16. The van der Waals surface area contributed by atoms with Crippen molar-refractivity contribution in [3.8, 4) is 5.75 Å². The Morgan fingerprint density at radius 3 is 2.86 bits per heavy atom. The molecule has 0 radical (unpaired) electrons. The number of halogens is 1. The number of amides is 1. The lowest BCUT2D eigenvalue weighted by Gasteiger charge is -2.09. The Kier molecular flexibility index (Phi) is 5.19. The van der Waals surface area contributed by atoms with E-state index < -0.39 is 0 Å². The number of methoxy groups -OCH3 is 1. The number of hydrogen-bond acceptors (Lipinski definition) is 6. The average molecular weight is 458 g/mol. The van der Waals surface area contributed by atoms with Crippen molar-refractivity contribution in [2.24, 2.45) is 0 Å². The highest BCUT2D eigenvalue weighted by Gasteiger charge is 2.14. The molecule has 142 valence electrons. The van der Waals surface area contributed by atoms with Crippen molar-refractivity contribution in [2.45, 2.75) is 12.1 Å². The summed E-state index contributed by atoms with van der Waals surface area (Å²) in [5.41, 5.74) is 2.78. The van der Waals surface area contributed by atoms with Crippen LogP contribution in [0.2, 0.25) is 0 Å². The van der Waals surface area contributed by atoms with E-state index >= 15 is 0 Å².